The number of benzene rings is 1. The van der Waals surface area contributed by atoms with E-state index in [1.165, 1.54) is 11.3 Å². The van der Waals surface area contributed by atoms with E-state index < -0.39 is 5.91 Å². The molecule has 3 N–H and O–H groups in total. The number of aromatic nitrogens is 2. The van der Waals surface area contributed by atoms with Gasteiger partial charge in [-0.1, -0.05) is 0 Å². The van der Waals surface area contributed by atoms with E-state index in [0.29, 0.717) is 11.1 Å². The Morgan fingerprint density at radius 3 is 2.71 bits per heavy atom. The van der Waals surface area contributed by atoms with Gasteiger partial charge in [0.05, 0.1) is 21.5 Å². The number of carbonyl (C=O) groups excluding carboxylic acids is 2. The number of ether oxygens (including phenoxy) is 1. The van der Waals surface area contributed by atoms with Gasteiger partial charge in [-0.3, -0.25) is 9.59 Å². The van der Waals surface area contributed by atoms with Gasteiger partial charge in [-0.15, -0.1) is 11.3 Å². The molecule has 5 rings (SSSR count). The molecule has 9 heteroatoms. The lowest BCUT2D eigenvalue weighted by atomic mass is 9.53. The number of nitrogens with two attached hydrogens (primary N) is 1. The van der Waals surface area contributed by atoms with Gasteiger partial charge in [0.2, 0.25) is 5.88 Å². The zero-order valence-electron chi connectivity index (χ0n) is 18.6. The summed E-state index contributed by atoms with van der Waals surface area (Å²) in [7, 11) is 0. The molecule has 0 saturated heterocycles. The monoisotopic (exact) mass is 473 g/mol. The fourth-order valence-corrected chi connectivity index (χ4v) is 5.73. The molecule has 2 heterocycles. The Bertz CT molecular complexity index is 1310. The average molecular weight is 474 g/mol. The molecule has 2 saturated carbocycles. The summed E-state index contributed by atoms with van der Waals surface area (Å²) < 4.78 is 5.91. The van der Waals surface area contributed by atoms with Crippen LogP contribution in [0, 0.1) is 23.7 Å². The van der Waals surface area contributed by atoms with E-state index in [1.807, 2.05) is 13.0 Å². The molecule has 2 amide bonds. The van der Waals surface area contributed by atoms with E-state index in [2.05, 4.69) is 21.4 Å². The third-order valence-electron chi connectivity index (χ3n) is 6.56. The molecule has 0 unspecified atom stereocenters. The third-order valence-corrected chi connectivity index (χ3v) is 7.52. The lowest BCUT2D eigenvalue weighted by Crippen LogP contribution is -2.58. The standard InChI is InChI=1S/C25H23N5O3S/c1-14-29-13-21(34-14)16-5-15(12-26)6-17(7-16)23(32)30-18-8-25(9-18)10-19(11-25)33-24-20(22(27)31)3-2-4-28-24/h2-7,13,18-19H,8-11H2,1H3,(H2,27,31)(H,30,32). The Balaban J connectivity index is 1.18. The van der Waals surface area contributed by atoms with Crippen LogP contribution in [0.2, 0.25) is 0 Å². The number of primary amides is 1. The Morgan fingerprint density at radius 1 is 1.24 bits per heavy atom. The van der Waals surface area contributed by atoms with Crippen LogP contribution in [0.5, 0.6) is 5.88 Å². The van der Waals surface area contributed by atoms with E-state index in [9.17, 15) is 14.9 Å². The first-order chi connectivity index (χ1) is 16.3. The van der Waals surface area contributed by atoms with Crippen LogP contribution in [0.3, 0.4) is 0 Å². The molecule has 2 aliphatic carbocycles. The van der Waals surface area contributed by atoms with Crippen LogP contribution in [0.1, 0.15) is 57.0 Å². The SMILES string of the molecule is Cc1ncc(-c2cc(C#N)cc(C(=O)NC3CC4(C3)CC(Oc3ncccc3C(N)=O)C4)c2)s1. The zero-order chi connectivity index (χ0) is 23.9. The first-order valence-corrected chi connectivity index (χ1v) is 11.9. The van der Waals surface area contributed by atoms with Gasteiger partial charge in [-0.2, -0.15) is 5.26 Å². The molecular formula is C25H23N5O3S. The summed E-state index contributed by atoms with van der Waals surface area (Å²) in [6.07, 6.45) is 6.79. The first-order valence-electron chi connectivity index (χ1n) is 11.0. The van der Waals surface area contributed by atoms with E-state index >= 15 is 0 Å². The highest BCUT2D eigenvalue weighted by Crippen LogP contribution is 2.56. The number of pyridine rings is 1. The number of nitrogens with one attached hydrogen (secondary N) is 1. The molecule has 0 bridgehead atoms. The van der Waals surface area contributed by atoms with Gasteiger partial charge in [-0.05, 0) is 73.9 Å². The van der Waals surface area contributed by atoms with Crippen LogP contribution in [-0.2, 0) is 0 Å². The molecule has 34 heavy (non-hydrogen) atoms. The van der Waals surface area contributed by atoms with Gasteiger partial charge in [0.1, 0.15) is 11.7 Å². The van der Waals surface area contributed by atoms with Crippen molar-refractivity contribution in [3.63, 3.8) is 0 Å². The van der Waals surface area contributed by atoms with Crippen molar-refractivity contribution in [1.82, 2.24) is 15.3 Å². The number of thiazole rings is 1. The molecule has 0 radical (unpaired) electrons. The van der Waals surface area contributed by atoms with Crippen molar-refractivity contribution >= 4 is 23.2 Å². The molecular weight excluding hydrogens is 450 g/mol. The molecule has 1 spiro atoms. The van der Waals surface area contributed by atoms with Crippen LogP contribution >= 0.6 is 11.3 Å². The normalized spacial score (nSPS) is 22.8. The Hall–Kier alpha value is -3.77. The van der Waals surface area contributed by atoms with Crippen molar-refractivity contribution in [2.24, 2.45) is 11.1 Å². The van der Waals surface area contributed by atoms with Crippen LogP contribution in [0.15, 0.2) is 42.7 Å². The predicted octanol–water partition coefficient (Wildman–Crippen LogP) is 3.60. The van der Waals surface area contributed by atoms with E-state index in [1.54, 1.807) is 36.7 Å². The second-order valence-electron chi connectivity index (χ2n) is 9.10. The Labute approximate surface area is 200 Å². The van der Waals surface area contributed by atoms with Crippen molar-refractivity contribution in [2.45, 2.75) is 44.8 Å². The maximum absolute atomic E-state index is 12.9. The summed E-state index contributed by atoms with van der Waals surface area (Å²) in [6.45, 7) is 1.92. The molecule has 2 aliphatic rings. The van der Waals surface area contributed by atoms with Crippen LogP contribution in [0.25, 0.3) is 10.4 Å². The van der Waals surface area contributed by atoms with Gasteiger partial charge >= 0.3 is 0 Å². The van der Waals surface area contributed by atoms with Crippen LogP contribution in [0.4, 0.5) is 0 Å². The number of hydrogen-bond acceptors (Lipinski definition) is 7. The molecule has 8 nitrogen and oxygen atoms in total. The smallest absolute Gasteiger partial charge is 0.254 e. The molecule has 172 valence electrons. The molecule has 2 fully saturated rings. The lowest BCUT2D eigenvalue weighted by molar-refractivity contribution is -0.0848. The highest BCUT2D eigenvalue weighted by Gasteiger charge is 2.54. The van der Waals surface area contributed by atoms with Gasteiger partial charge in [-0.25, -0.2) is 9.97 Å². The van der Waals surface area contributed by atoms with Crippen molar-refractivity contribution in [2.75, 3.05) is 0 Å². The molecule has 0 atom stereocenters. The van der Waals surface area contributed by atoms with Gasteiger partial charge < -0.3 is 15.8 Å². The minimum absolute atomic E-state index is 0.0117. The van der Waals surface area contributed by atoms with E-state index in [0.717, 1.165) is 41.1 Å². The van der Waals surface area contributed by atoms with Crippen LogP contribution < -0.4 is 15.8 Å². The van der Waals surface area contributed by atoms with Gasteiger partial charge in [0.25, 0.3) is 11.8 Å². The second kappa shape index (κ2) is 8.54. The zero-order valence-corrected chi connectivity index (χ0v) is 19.4. The third kappa shape index (κ3) is 4.24. The van der Waals surface area contributed by atoms with Crippen molar-refractivity contribution < 1.29 is 14.3 Å². The molecule has 3 aromatic rings. The molecule has 2 aromatic heterocycles. The summed E-state index contributed by atoms with van der Waals surface area (Å²) in [5.74, 6) is -0.452. The fraction of sp³-hybridized carbons (Fsp3) is 0.320. The summed E-state index contributed by atoms with van der Waals surface area (Å²) in [6, 6.07) is 10.7. The second-order valence-corrected chi connectivity index (χ2v) is 10.3. The topological polar surface area (TPSA) is 131 Å². The van der Waals surface area contributed by atoms with Gasteiger partial charge in [0.15, 0.2) is 0 Å². The number of nitrogens with zero attached hydrogens (tertiary/aromatic N) is 3. The maximum atomic E-state index is 12.9. The summed E-state index contributed by atoms with van der Waals surface area (Å²) in [5.41, 5.74) is 7.59. The number of nitriles is 1. The first kappa shape index (κ1) is 22.0. The highest BCUT2D eigenvalue weighted by molar-refractivity contribution is 7.15. The summed E-state index contributed by atoms with van der Waals surface area (Å²) in [4.78, 5) is 33.8. The van der Waals surface area contributed by atoms with Crippen molar-refractivity contribution in [3.05, 3.63) is 64.4 Å². The van der Waals surface area contributed by atoms with Crippen LogP contribution in [-0.4, -0.2) is 33.9 Å². The fourth-order valence-electron chi connectivity index (χ4n) is 4.97. The predicted molar refractivity (Wildman–Crippen MR) is 126 cm³/mol. The number of rotatable bonds is 6. The summed E-state index contributed by atoms with van der Waals surface area (Å²) in [5, 5.41) is 13.4. The molecule has 0 aliphatic heterocycles. The van der Waals surface area contributed by atoms with E-state index in [-0.39, 0.29) is 34.9 Å². The maximum Gasteiger partial charge on any atom is 0.254 e. The largest absolute Gasteiger partial charge is 0.474 e. The lowest BCUT2D eigenvalue weighted by Gasteiger charge is -2.57. The number of hydrogen-bond donors (Lipinski definition) is 2. The number of aryl methyl sites for hydroxylation is 1. The minimum Gasteiger partial charge on any atom is -0.474 e. The highest BCUT2D eigenvalue weighted by atomic mass is 32.1. The minimum atomic E-state index is -0.558. The average Bonchev–Trinajstić information content (AvgIpc) is 3.22. The van der Waals surface area contributed by atoms with Gasteiger partial charge in [0, 0.05) is 24.0 Å². The van der Waals surface area contributed by atoms with Crippen molar-refractivity contribution in [1.29, 1.82) is 5.26 Å². The quantitative estimate of drug-likeness (QED) is 0.562. The number of amides is 2. The Kier molecular flexibility index (Phi) is 5.54. The Morgan fingerprint density at radius 2 is 2.03 bits per heavy atom. The number of carbonyl (C=O) groups is 2. The summed E-state index contributed by atoms with van der Waals surface area (Å²) >= 11 is 1.53. The van der Waals surface area contributed by atoms with E-state index in [4.69, 9.17) is 10.5 Å². The molecule has 1 aromatic carbocycles. The van der Waals surface area contributed by atoms with Crippen molar-refractivity contribution in [3.8, 4) is 22.4 Å².